The van der Waals surface area contributed by atoms with Crippen molar-refractivity contribution in [3.05, 3.63) is 57.1 Å². The number of rotatable bonds is 3. The highest BCUT2D eigenvalue weighted by molar-refractivity contribution is 6.33. The van der Waals surface area contributed by atoms with Gasteiger partial charge in [-0.1, -0.05) is 38.4 Å². The van der Waals surface area contributed by atoms with Gasteiger partial charge in [-0.05, 0) is 61.1 Å². The first kappa shape index (κ1) is 22.3. The van der Waals surface area contributed by atoms with E-state index in [0.29, 0.717) is 11.1 Å². The van der Waals surface area contributed by atoms with Crippen LogP contribution in [-0.4, -0.2) is 11.2 Å². The van der Waals surface area contributed by atoms with Gasteiger partial charge in [0.15, 0.2) is 5.88 Å². The number of benzene rings is 2. The number of aryl methyl sites for hydroxylation is 3. The van der Waals surface area contributed by atoms with Crippen LogP contribution in [-0.2, 0) is 5.41 Å². The molecule has 7 heteroatoms. The maximum absolute atomic E-state index is 14.1. The SMILES string of the molecule is Cc1cc(C(Oc2[nH]c3ccc(C)c(C)c3c2C(C)(C)C)C(F)(F)F)cc(Cl)c1N. The molecule has 2 aromatic carbocycles. The van der Waals surface area contributed by atoms with E-state index in [2.05, 4.69) is 4.98 Å². The van der Waals surface area contributed by atoms with Gasteiger partial charge in [-0.2, -0.15) is 13.2 Å². The minimum atomic E-state index is -4.65. The Hall–Kier alpha value is -2.34. The summed E-state index contributed by atoms with van der Waals surface area (Å²) in [6.45, 7) is 11.4. The molecule has 0 amide bonds. The van der Waals surface area contributed by atoms with Crippen molar-refractivity contribution in [1.29, 1.82) is 0 Å². The molecular weight excluding hydrogens is 413 g/mol. The van der Waals surface area contributed by atoms with Crippen LogP contribution in [0.5, 0.6) is 5.88 Å². The normalized spacial score (nSPS) is 13.7. The van der Waals surface area contributed by atoms with Gasteiger partial charge in [0.1, 0.15) is 0 Å². The predicted molar refractivity (Wildman–Crippen MR) is 116 cm³/mol. The monoisotopic (exact) mass is 438 g/mol. The topological polar surface area (TPSA) is 51.0 Å². The number of nitrogens with one attached hydrogen (secondary N) is 1. The van der Waals surface area contributed by atoms with Crippen molar-refractivity contribution in [2.45, 2.75) is 59.2 Å². The van der Waals surface area contributed by atoms with Crippen molar-refractivity contribution in [2.24, 2.45) is 0 Å². The molecule has 3 nitrogen and oxygen atoms in total. The Kier molecular flexibility index (Phi) is 5.52. The molecule has 3 rings (SSSR count). The van der Waals surface area contributed by atoms with Crippen molar-refractivity contribution >= 4 is 28.2 Å². The summed E-state index contributed by atoms with van der Waals surface area (Å²) in [4.78, 5) is 3.07. The first-order valence-corrected chi connectivity index (χ1v) is 10.0. The standard InChI is InChI=1S/C23H26ClF3N2O/c1-11-7-8-16-17(13(11)3)18(22(4,5)6)21(29-16)30-20(23(25,26)27)14-9-12(2)19(28)15(24)10-14/h7-10,20,29H,28H2,1-6H3. The quantitative estimate of drug-likeness (QED) is 0.421. The molecule has 1 unspecified atom stereocenters. The van der Waals surface area contributed by atoms with Gasteiger partial charge in [0.05, 0.1) is 10.7 Å². The first-order valence-electron chi connectivity index (χ1n) is 9.63. The molecule has 0 radical (unpaired) electrons. The molecule has 1 aromatic heterocycles. The molecule has 0 aliphatic rings. The molecule has 0 saturated heterocycles. The summed E-state index contributed by atoms with van der Waals surface area (Å²) in [5.74, 6) is 0.110. The van der Waals surface area contributed by atoms with Gasteiger partial charge >= 0.3 is 6.18 Å². The summed E-state index contributed by atoms with van der Waals surface area (Å²) in [6.07, 6.45) is -6.84. The number of ether oxygens (including phenoxy) is 1. The number of anilines is 1. The smallest absolute Gasteiger partial charge is 0.429 e. The van der Waals surface area contributed by atoms with Gasteiger partial charge in [-0.25, -0.2) is 0 Å². The Morgan fingerprint density at radius 3 is 2.20 bits per heavy atom. The van der Waals surface area contributed by atoms with E-state index in [1.54, 1.807) is 6.92 Å². The zero-order valence-corrected chi connectivity index (χ0v) is 18.6. The van der Waals surface area contributed by atoms with Crippen molar-refractivity contribution in [3.8, 4) is 5.88 Å². The second-order valence-electron chi connectivity index (χ2n) is 8.78. The number of H-pyrrole nitrogens is 1. The van der Waals surface area contributed by atoms with Crippen molar-refractivity contribution < 1.29 is 17.9 Å². The maximum atomic E-state index is 14.1. The van der Waals surface area contributed by atoms with Gasteiger partial charge in [0, 0.05) is 22.0 Å². The average molecular weight is 439 g/mol. The molecule has 0 aliphatic heterocycles. The van der Waals surface area contributed by atoms with Crippen LogP contribution in [0.3, 0.4) is 0 Å². The molecule has 162 valence electrons. The van der Waals surface area contributed by atoms with Crippen LogP contribution in [0.1, 0.15) is 54.7 Å². The lowest BCUT2D eigenvalue weighted by molar-refractivity contribution is -0.198. The van der Waals surface area contributed by atoms with Crippen molar-refractivity contribution in [1.82, 2.24) is 4.98 Å². The number of halogens is 4. The summed E-state index contributed by atoms with van der Waals surface area (Å²) in [7, 11) is 0. The van der Waals surface area contributed by atoms with Gasteiger partial charge in [-0.3, -0.25) is 0 Å². The number of nitrogen functional groups attached to an aromatic ring is 1. The van der Waals surface area contributed by atoms with E-state index >= 15 is 0 Å². The molecule has 1 heterocycles. The average Bonchev–Trinajstić information content (AvgIpc) is 2.99. The van der Waals surface area contributed by atoms with Gasteiger partial charge in [-0.15, -0.1) is 0 Å². The molecule has 1 atom stereocenters. The van der Waals surface area contributed by atoms with Gasteiger partial charge in [0.2, 0.25) is 6.10 Å². The number of hydrogen-bond acceptors (Lipinski definition) is 2. The second-order valence-corrected chi connectivity index (χ2v) is 9.19. The molecule has 0 saturated carbocycles. The van der Waals surface area contributed by atoms with Crippen LogP contribution >= 0.6 is 11.6 Å². The minimum Gasteiger partial charge on any atom is -0.461 e. The van der Waals surface area contributed by atoms with Crippen LogP contribution in [0, 0.1) is 20.8 Å². The van der Waals surface area contributed by atoms with E-state index in [4.69, 9.17) is 22.1 Å². The van der Waals surface area contributed by atoms with Crippen LogP contribution in [0.15, 0.2) is 24.3 Å². The van der Waals surface area contributed by atoms with Gasteiger partial charge < -0.3 is 15.5 Å². The Bertz CT molecular complexity index is 1090. The summed E-state index contributed by atoms with van der Waals surface area (Å²) in [5.41, 5.74) is 9.53. The Morgan fingerprint density at radius 2 is 1.67 bits per heavy atom. The predicted octanol–water partition coefficient (Wildman–Crippen LogP) is 7.31. The van der Waals surface area contributed by atoms with Crippen molar-refractivity contribution in [3.63, 3.8) is 0 Å². The number of aromatic amines is 1. The molecule has 0 spiro atoms. The van der Waals surface area contributed by atoms with Crippen LogP contribution < -0.4 is 10.5 Å². The molecule has 0 aliphatic carbocycles. The van der Waals surface area contributed by atoms with Crippen LogP contribution in [0.4, 0.5) is 18.9 Å². The number of aromatic nitrogens is 1. The zero-order valence-electron chi connectivity index (χ0n) is 17.9. The van der Waals surface area contributed by atoms with Crippen LogP contribution in [0.25, 0.3) is 10.9 Å². The van der Waals surface area contributed by atoms with E-state index in [1.807, 2.05) is 46.8 Å². The summed E-state index contributed by atoms with van der Waals surface area (Å²) < 4.78 is 47.9. The Balaban J connectivity index is 2.23. The fourth-order valence-corrected chi connectivity index (χ4v) is 3.99. The third-order valence-corrected chi connectivity index (χ3v) is 5.72. The lowest BCUT2D eigenvalue weighted by atomic mass is 9.84. The molecule has 3 N–H and O–H groups in total. The summed E-state index contributed by atoms with van der Waals surface area (Å²) in [5, 5.41) is 0.965. The van der Waals surface area contributed by atoms with E-state index in [-0.39, 0.29) is 22.2 Å². The Labute approximate surface area is 179 Å². The summed E-state index contributed by atoms with van der Waals surface area (Å²) in [6, 6.07) is 6.40. The minimum absolute atomic E-state index is 0.0713. The lowest BCUT2D eigenvalue weighted by Crippen LogP contribution is -2.27. The van der Waals surface area contributed by atoms with E-state index in [1.165, 1.54) is 12.1 Å². The third-order valence-electron chi connectivity index (χ3n) is 5.41. The highest BCUT2D eigenvalue weighted by atomic mass is 35.5. The fourth-order valence-electron chi connectivity index (χ4n) is 3.72. The first-order chi connectivity index (χ1) is 13.7. The van der Waals surface area contributed by atoms with Crippen molar-refractivity contribution in [2.75, 3.05) is 5.73 Å². The molecule has 0 fully saturated rings. The van der Waals surface area contributed by atoms with Gasteiger partial charge in [0.25, 0.3) is 0 Å². The third kappa shape index (κ3) is 3.97. The lowest BCUT2D eigenvalue weighted by Gasteiger charge is -2.26. The molecule has 3 aromatic rings. The number of alkyl halides is 3. The molecule has 0 bridgehead atoms. The summed E-state index contributed by atoms with van der Waals surface area (Å²) >= 11 is 6.07. The van der Waals surface area contributed by atoms with E-state index < -0.39 is 17.7 Å². The number of nitrogens with two attached hydrogens (primary N) is 1. The second kappa shape index (κ2) is 7.41. The molecule has 30 heavy (non-hydrogen) atoms. The number of fused-ring (bicyclic) bond motifs is 1. The zero-order chi connectivity index (χ0) is 22.6. The largest absolute Gasteiger partial charge is 0.461 e. The van der Waals surface area contributed by atoms with Crippen LogP contribution in [0.2, 0.25) is 5.02 Å². The Morgan fingerprint density at radius 1 is 1.03 bits per heavy atom. The fraction of sp³-hybridized carbons (Fsp3) is 0.391. The highest BCUT2D eigenvalue weighted by Crippen LogP contribution is 2.45. The highest BCUT2D eigenvalue weighted by Gasteiger charge is 2.44. The van der Waals surface area contributed by atoms with E-state index in [0.717, 1.165) is 22.0 Å². The molecular formula is C23H26ClF3N2O. The number of hydrogen-bond donors (Lipinski definition) is 2. The maximum Gasteiger partial charge on any atom is 0.429 e. The van der Waals surface area contributed by atoms with E-state index in [9.17, 15) is 13.2 Å².